The van der Waals surface area contributed by atoms with Crippen LogP contribution in [0.1, 0.15) is 106 Å². The second kappa shape index (κ2) is 8.42. The monoisotopic (exact) mass is 412 g/mol. The van der Waals surface area contributed by atoms with Crippen molar-refractivity contribution in [3.8, 4) is 0 Å². The molecule has 0 aliphatic heterocycles. The first kappa shape index (κ1) is 22.6. The standard InChI is InChI=1S/C29H48O/c1-7-21(19(2)3)9-8-20(4)25-12-13-26-24-11-10-22-18-23(30)14-16-28(22,5)27(24)15-17-29(25,26)6/h9-10,19-20,23-27,30H,7-8,11-18H2,1-6H3/b21-9-/t20-,23+,24+,25-,26+,27+,28+,29-/m1/s1. The highest BCUT2D eigenvalue weighted by Crippen LogP contribution is 2.67. The molecule has 4 aliphatic rings. The van der Waals surface area contributed by atoms with Gasteiger partial charge in [-0.05, 0) is 111 Å². The zero-order valence-electron chi connectivity index (χ0n) is 20.7. The minimum Gasteiger partial charge on any atom is -0.393 e. The van der Waals surface area contributed by atoms with E-state index < -0.39 is 0 Å². The Morgan fingerprint density at radius 3 is 2.57 bits per heavy atom. The molecule has 1 N–H and O–H groups in total. The Bertz CT molecular complexity index is 686. The van der Waals surface area contributed by atoms with E-state index >= 15 is 0 Å². The Morgan fingerprint density at radius 2 is 1.87 bits per heavy atom. The number of hydrogen-bond acceptors (Lipinski definition) is 1. The number of allylic oxidation sites excluding steroid dienone is 3. The lowest BCUT2D eigenvalue weighted by atomic mass is 9.47. The van der Waals surface area contributed by atoms with Gasteiger partial charge in [-0.1, -0.05) is 64.8 Å². The number of aliphatic hydroxyl groups excluding tert-OH is 1. The van der Waals surface area contributed by atoms with Crippen LogP contribution in [0.5, 0.6) is 0 Å². The van der Waals surface area contributed by atoms with Crippen molar-refractivity contribution in [1.82, 2.24) is 0 Å². The lowest BCUT2D eigenvalue weighted by molar-refractivity contribution is -0.0565. The highest BCUT2D eigenvalue weighted by Gasteiger charge is 2.59. The maximum Gasteiger partial charge on any atom is 0.0577 e. The van der Waals surface area contributed by atoms with E-state index in [4.69, 9.17) is 0 Å². The molecule has 0 spiro atoms. The van der Waals surface area contributed by atoms with Crippen molar-refractivity contribution in [1.29, 1.82) is 0 Å². The quantitative estimate of drug-likeness (QED) is 0.454. The van der Waals surface area contributed by atoms with Gasteiger partial charge in [-0.25, -0.2) is 0 Å². The van der Waals surface area contributed by atoms with Gasteiger partial charge in [-0.2, -0.15) is 0 Å². The molecule has 30 heavy (non-hydrogen) atoms. The molecule has 4 aliphatic carbocycles. The van der Waals surface area contributed by atoms with Crippen LogP contribution in [0.25, 0.3) is 0 Å². The summed E-state index contributed by atoms with van der Waals surface area (Å²) < 4.78 is 0. The van der Waals surface area contributed by atoms with Gasteiger partial charge in [-0.15, -0.1) is 0 Å². The topological polar surface area (TPSA) is 20.2 Å². The third-order valence-electron chi connectivity index (χ3n) is 10.7. The van der Waals surface area contributed by atoms with Gasteiger partial charge in [0.25, 0.3) is 0 Å². The molecule has 0 bridgehead atoms. The molecule has 170 valence electrons. The smallest absolute Gasteiger partial charge is 0.0577 e. The van der Waals surface area contributed by atoms with E-state index in [0.29, 0.717) is 16.7 Å². The van der Waals surface area contributed by atoms with Crippen molar-refractivity contribution in [3.05, 3.63) is 23.3 Å². The number of aliphatic hydroxyl groups is 1. The SMILES string of the molecule is CC/C(=C/C[C@@H](C)[C@H]1CC[C@H]2[C@@H]3CC=C4C[C@@H](O)CC[C@]4(C)[C@H]3CC[C@]12C)C(C)C. The molecule has 3 saturated carbocycles. The van der Waals surface area contributed by atoms with E-state index in [2.05, 4.69) is 53.7 Å². The molecule has 4 rings (SSSR count). The van der Waals surface area contributed by atoms with Crippen molar-refractivity contribution in [2.45, 2.75) is 112 Å². The Morgan fingerprint density at radius 1 is 1.10 bits per heavy atom. The fourth-order valence-corrected chi connectivity index (χ4v) is 8.91. The maximum atomic E-state index is 10.2. The molecule has 0 aromatic carbocycles. The van der Waals surface area contributed by atoms with E-state index in [0.717, 1.165) is 42.4 Å². The average molecular weight is 413 g/mol. The zero-order chi connectivity index (χ0) is 21.7. The van der Waals surface area contributed by atoms with E-state index in [1.54, 1.807) is 11.1 Å². The molecule has 0 unspecified atom stereocenters. The first-order chi connectivity index (χ1) is 14.2. The van der Waals surface area contributed by atoms with Crippen molar-refractivity contribution >= 4 is 0 Å². The normalized spacial score (nSPS) is 44.9. The Hall–Kier alpha value is -0.560. The van der Waals surface area contributed by atoms with Gasteiger partial charge in [0.05, 0.1) is 6.10 Å². The largest absolute Gasteiger partial charge is 0.393 e. The maximum absolute atomic E-state index is 10.2. The predicted octanol–water partition coefficient (Wildman–Crippen LogP) is 7.94. The number of fused-ring (bicyclic) bond motifs is 5. The fourth-order valence-electron chi connectivity index (χ4n) is 8.91. The summed E-state index contributed by atoms with van der Waals surface area (Å²) in [4.78, 5) is 0. The zero-order valence-corrected chi connectivity index (χ0v) is 20.7. The van der Waals surface area contributed by atoms with Gasteiger partial charge >= 0.3 is 0 Å². The van der Waals surface area contributed by atoms with E-state index in [9.17, 15) is 5.11 Å². The van der Waals surface area contributed by atoms with Crippen LogP contribution in [0.15, 0.2) is 23.3 Å². The fraction of sp³-hybridized carbons (Fsp3) is 0.862. The first-order valence-corrected chi connectivity index (χ1v) is 13.3. The predicted molar refractivity (Wildman–Crippen MR) is 128 cm³/mol. The Balaban J connectivity index is 1.51. The molecule has 3 fully saturated rings. The summed E-state index contributed by atoms with van der Waals surface area (Å²) in [6.07, 6.45) is 17.8. The third kappa shape index (κ3) is 3.66. The first-order valence-electron chi connectivity index (χ1n) is 13.3. The van der Waals surface area contributed by atoms with Crippen LogP contribution in [0.4, 0.5) is 0 Å². The van der Waals surface area contributed by atoms with Gasteiger partial charge in [0, 0.05) is 0 Å². The summed E-state index contributed by atoms with van der Waals surface area (Å²) in [5.74, 6) is 5.09. The summed E-state index contributed by atoms with van der Waals surface area (Å²) in [7, 11) is 0. The van der Waals surface area contributed by atoms with Crippen LogP contribution < -0.4 is 0 Å². The molecule has 0 radical (unpaired) electrons. The van der Waals surface area contributed by atoms with Crippen molar-refractivity contribution in [3.63, 3.8) is 0 Å². The molecule has 8 atom stereocenters. The minimum atomic E-state index is -0.0849. The highest BCUT2D eigenvalue weighted by molar-refractivity contribution is 5.25. The van der Waals surface area contributed by atoms with Crippen molar-refractivity contribution in [2.24, 2.45) is 46.3 Å². The molecule has 0 aromatic heterocycles. The van der Waals surface area contributed by atoms with E-state index in [1.165, 1.54) is 51.4 Å². The summed E-state index contributed by atoms with van der Waals surface area (Å²) in [5.41, 5.74) is 4.19. The average Bonchev–Trinajstić information content (AvgIpc) is 3.06. The molecule has 0 heterocycles. The summed E-state index contributed by atoms with van der Waals surface area (Å²) in [6, 6.07) is 0. The molecular weight excluding hydrogens is 364 g/mol. The number of rotatable bonds is 5. The highest BCUT2D eigenvalue weighted by atomic mass is 16.3. The second-order valence-corrected chi connectivity index (χ2v) is 12.4. The summed E-state index contributed by atoms with van der Waals surface area (Å²) in [5, 5.41) is 10.2. The summed E-state index contributed by atoms with van der Waals surface area (Å²) >= 11 is 0. The lowest BCUT2D eigenvalue weighted by Crippen LogP contribution is -2.50. The molecule has 0 amide bonds. The lowest BCUT2D eigenvalue weighted by Gasteiger charge is -2.58. The molecule has 1 nitrogen and oxygen atoms in total. The van der Waals surface area contributed by atoms with Gasteiger partial charge in [0.1, 0.15) is 0 Å². The molecule has 0 saturated heterocycles. The minimum absolute atomic E-state index is 0.0849. The van der Waals surface area contributed by atoms with Crippen molar-refractivity contribution < 1.29 is 5.11 Å². The van der Waals surface area contributed by atoms with Gasteiger partial charge in [-0.3, -0.25) is 0 Å². The van der Waals surface area contributed by atoms with E-state index in [-0.39, 0.29) is 6.10 Å². The third-order valence-corrected chi connectivity index (χ3v) is 10.7. The number of hydrogen-bond donors (Lipinski definition) is 1. The van der Waals surface area contributed by atoms with Crippen LogP contribution in [-0.4, -0.2) is 11.2 Å². The van der Waals surface area contributed by atoms with Gasteiger partial charge < -0.3 is 5.11 Å². The molecule has 1 heteroatoms. The van der Waals surface area contributed by atoms with E-state index in [1.807, 2.05) is 0 Å². The van der Waals surface area contributed by atoms with Crippen LogP contribution >= 0.6 is 0 Å². The second-order valence-electron chi connectivity index (χ2n) is 12.4. The van der Waals surface area contributed by atoms with Crippen molar-refractivity contribution in [2.75, 3.05) is 0 Å². The van der Waals surface area contributed by atoms with Crippen LogP contribution in [-0.2, 0) is 0 Å². The Labute approximate surface area is 186 Å². The van der Waals surface area contributed by atoms with Gasteiger partial charge in [0.2, 0.25) is 0 Å². The Kier molecular flexibility index (Phi) is 6.35. The van der Waals surface area contributed by atoms with Gasteiger partial charge in [0.15, 0.2) is 0 Å². The summed E-state index contributed by atoms with van der Waals surface area (Å²) in [6.45, 7) is 14.8. The molecular formula is C29H48O. The van der Waals surface area contributed by atoms with Crippen LogP contribution in [0.2, 0.25) is 0 Å². The van der Waals surface area contributed by atoms with Crippen LogP contribution in [0.3, 0.4) is 0 Å². The van der Waals surface area contributed by atoms with Crippen LogP contribution in [0, 0.1) is 46.3 Å². The molecule has 0 aromatic rings.